The predicted octanol–water partition coefficient (Wildman–Crippen LogP) is 5.72. The molecular formula is C21H14ClN3OS. The van der Waals surface area contributed by atoms with Gasteiger partial charge in [0.2, 0.25) is 0 Å². The van der Waals surface area contributed by atoms with E-state index in [4.69, 9.17) is 16.6 Å². The number of para-hydroxylation sites is 2. The van der Waals surface area contributed by atoms with Crippen molar-refractivity contribution in [1.29, 1.82) is 0 Å². The Hall–Kier alpha value is -2.89. The van der Waals surface area contributed by atoms with Crippen molar-refractivity contribution in [3.05, 3.63) is 88.9 Å². The minimum atomic E-state index is -0.383. The second-order valence-corrected chi connectivity index (χ2v) is 7.73. The highest BCUT2D eigenvalue weighted by molar-refractivity contribution is 7.22. The lowest BCUT2D eigenvalue weighted by Crippen LogP contribution is -2.43. The van der Waals surface area contributed by atoms with Gasteiger partial charge in [0.05, 0.1) is 15.8 Å². The summed E-state index contributed by atoms with van der Waals surface area (Å²) in [5.74, 6) is -0.0756. The maximum atomic E-state index is 13.4. The van der Waals surface area contributed by atoms with E-state index in [0.29, 0.717) is 15.7 Å². The lowest BCUT2D eigenvalue weighted by molar-refractivity contribution is 0.0975. The van der Waals surface area contributed by atoms with Crippen molar-refractivity contribution < 1.29 is 4.79 Å². The highest BCUT2D eigenvalue weighted by atomic mass is 35.5. The number of hydrogen-bond donors (Lipinski definition) is 1. The predicted molar refractivity (Wildman–Crippen MR) is 111 cm³/mol. The summed E-state index contributed by atoms with van der Waals surface area (Å²) in [6.45, 7) is 0. The van der Waals surface area contributed by atoms with E-state index in [2.05, 4.69) is 5.32 Å². The monoisotopic (exact) mass is 391 g/mol. The van der Waals surface area contributed by atoms with Gasteiger partial charge in [-0.2, -0.15) is 0 Å². The molecule has 1 N–H and O–H groups in total. The molecule has 1 aliphatic rings. The van der Waals surface area contributed by atoms with Gasteiger partial charge >= 0.3 is 0 Å². The Kier molecular flexibility index (Phi) is 3.85. The summed E-state index contributed by atoms with van der Waals surface area (Å²) in [4.78, 5) is 19.8. The van der Waals surface area contributed by atoms with Crippen molar-refractivity contribution in [1.82, 2.24) is 4.98 Å². The molecule has 1 unspecified atom stereocenters. The number of rotatable bonds is 2. The zero-order valence-corrected chi connectivity index (χ0v) is 15.7. The fourth-order valence-corrected chi connectivity index (χ4v) is 4.51. The molecule has 0 bridgehead atoms. The van der Waals surface area contributed by atoms with E-state index < -0.39 is 0 Å². The van der Waals surface area contributed by atoms with E-state index in [-0.39, 0.29) is 12.1 Å². The van der Waals surface area contributed by atoms with Crippen LogP contribution in [0.15, 0.2) is 72.8 Å². The molecular weight excluding hydrogens is 378 g/mol. The molecule has 2 heterocycles. The van der Waals surface area contributed by atoms with Crippen LogP contribution in [0.1, 0.15) is 22.1 Å². The van der Waals surface area contributed by atoms with Gasteiger partial charge in [-0.05, 0) is 42.0 Å². The van der Waals surface area contributed by atoms with Gasteiger partial charge in [0, 0.05) is 10.7 Å². The number of aromatic nitrogens is 1. The molecule has 27 heavy (non-hydrogen) atoms. The fourth-order valence-electron chi connectivity index (χ4n) is 3.32. The minimum Gasteiger partial charge on any atom is -0.360 e. The fraction of sp³-hybridized carbons (Fsp3) is 0.0476. The molecule has 0 radical (unpaired) electrons. The molecule has 0 saturated carbocycles. The Balaban J connectivity index is 1.70. The van der Waals surface area contributed by atoms with Gasteiger partial charge in [0.25, 0.3) is 5.91 Å². The maximum absolute atomic E-state index is 13.4. The normalized spacial score (nSPS) is 16.3. The number of nitrogens with zero attached hydrogens (tertiary/aromatic N) is 2. The quantitative estimate of drug-likeness (QED) is 0.475. The van der Waals surface area contributed by atoms with Crippen LogP contribution in [0.3, 0.4) is 0 Å². The number of amides is 1. The van der Waals surface area contributed by atoms with Gasteiger partial charge < -0.3 is 5.32 Å². The molecule has 4 nitrogen and oxygen atoms in total. The number of carbonyl (C=O) groups is 1. The van der Waals surface area contributed by atoms with E-state index in [1.165, 1.54) is 11.3 Å². The minimum absolute atomic E-state index is 0.0756. The summed E-state index contributed by atoms with van der Waals surface area (Å²) in [5.41, 5.74) is 3.23. The number of halogens is 1. The smallest absolute Gasteiger partial charge is 0.264 e. The topological polar surface area (TPSA) is 45.2 Å². The highest BCUT2D eigenvalue weighted by Gasteiger charge is 2.35. The van der Waals surface area contributed by atoms with Crippen molar-refractivity contribution >= 4 is 49.9 Å². The van der Waals surface area contributed by atoms with Crippen LogP contribution in [-0.2, 0) is 0 Å². The van der Waals surface area contributed by atoms with Crippen molar-refractivity contribution in [2.24, 2.45) is 0 Å². The third kappa shape index (κ3) is 2.76. The molecule has 0 saturated heterocycles. The van der Waals surface area contributed by atoms with Gasteiger partial charge in [-0.25, -0.2) is 4.98 Å². The number of fused-ring (bicyclic) bond motifs is 2. The van der Waals surface area contributed by atoms with Gasteiger partial charge in [-0.1, -0.05) is 59.3 Å². The Labute approximate surface area is 165 Å². The van der Waals surface area contributed by atoms with Crippen LogP contribution in [0.4, 0.5) is 10.8 Å². The Morgan fingerprint density at radius 1 is 1.00 bits per heavy atom. The lowest BCUT2D eigenvalue weighted by Gasteiger charge is -2.36. The molecule has 1 atom stereocenters. The van der Waals surface area contributed by atoms with Gasteiger partial charge in [-0.3, -0.25) is 9.69 Å². The molecule has 0 aliphatic carbocycles. The Morgan fingerprint density at radius 3 is 2.67 bits per heavy atom. The molecule has 5 rings (SSSR count). The van der Waals surface area contributed by atoms with Crippen LogP contribution in [-0.4, -0.2) is 10.9 Å². The third-order valence-corrected chi connectivity index (χ3v) is 5.85. The maximum Gasteiger partial charge on any atom is 0.264 e. The standard InChI is InChI=1S/C21H14ClN3OS/c22-14-7-5-6-13(12-14)19-23-16-9-2-1-8-15(16)20(26)25(19)21-24-17-10-3-4-11-18(17)27-21/h1-12,19,23H. The average Bonchev–Trinajstić information content (AvgIpc) is 3.11. The number of benzene rings is 3. The van der Waals surface area contributed by atoms with Crippen molar-refractivity contribution in [2.75, 3.05) is 10.2 Å². The van der Waals surface area contributed by atoms with E-state index in [0.717, 1.165) is 21.5 Å². The Morgan fingerprint density at radius 2 is 1.81 bits per heavy atom. The molecule has 132 valence electrons. The molecule has 1 aromatic heterocycles. The summed E-state index contributed by atoms with van der Waals surface area (Å²) >= 11 is 7.72. The first-order valence-corrected chi connectivity index (χ1v) is 9.70. The van der Waals surface area contributed by atoms with Crippen molar-refractivity contribution in [2.45, 2.75) is 6.17 Å². The molecule has 4 aromatic rings. The van der Waals surface area contributed by atoms with Gasteiger partial charge in [-0.15, -0.1) is 0 Å². The first kappa shape index (κ1) is 16.3. The third-order valence-electron chi connectivity index (χ3n) is 4.58. The van der Waals surface area contributed by atoms with Crippen LogP contribution < -0.4 is 10.2 Å². The van der Waals surface area contributed by atoms with Crippen LogP contribution in [0.2, 0.25) is 5.02 Å². The summed E-state index contributed by atoms with van der Waals surface area (Å²) < 4.78 is 1.05. The molecule has 1 amide bonds. The van der Waals surface area contributed by atoms with Gasteiger partial charge in [0.15, 0.2) is 5.13 Å². The molecule has 0 spiro atoms. The van der Waals surface area contributed by atoms with Crippen LogP contribution in [0.25, 0.3) is 10.2 Å². The van der Waals surface area contributed by atoms with E-state index in [1.807, 2.05) is 72.8 Å². The largest absolute Gasteiger partial charge is 0.360 e. The first-order valence-electron chi connectivity index (χ1n) is 8.51. The van der Waals surface area contributed by atoms with E-state index >= 15 is 0 Å². The Bertz CT molecular complexity index is 1140. The van der Waals surface area contributed by atoms with E-state index in [9.17, 15) is 4.79 Å². The average molecular weight is 392 g/mol. The SMILES string of the molecule is O=C1c2ccccc2NC(c2cccc(Cl)c2)N1c1nc2ccccc2s1. The van der Waals surface area contributed by atoms with Crippen LogP contribution in [0, 0.1) is 0 Å². The number of nitrogens with one attached hydrogen (secondary N) is 1. The van der Waals surface area contributed by atoms with Gasteiger partial charge in [0.1, 0.15) is 6.17 Å². The number of carbonyl (C=O) groups excluding carboxylic acids is 1. The first-order chi connectivity index (χ1) is 13.2. The van der Waals surface area contributed by atoms with Crippen LogP contribution in [0.5, 0.6) is 0 Å². The zero-order chi connectivity index (χ0) is 18.4. The van der Waals surface area contributed by atoms with E-state index in [1.54, 1.807) is 4.90 Å². The number of thiazole rings is 1. The summed E-state index contributed by atoms with van der Waals surface area (Å²) in [7, 11) is 0. The summed E-state index contributed by atoms with van der Waals surface area (Å²) in [5, 5.41) is 4.77. The number of anilines is 2. The number of hydrogen-bond acceptors (Lipinski definition) is 4. The zero-order valence-electron chi connectivity index (χ0n) is 14.1. The summed E-state index contributed by atoms with van der Waals surface area (Å²) in [6.07, 6.45) is -0.383. The second-order valence-electron chi connectivity index (χ2n) is 6.29. The molecule has 3 aromatic carbocycles. The van der Waals surface area contributed by atoms with Crippen molar-refractivity contribution in [3.63, 3.8) is 0 Å². The molecule has 1 aliphatic heterocycles. The second kappa shape index (κ2) is 6.37. The lowest BCUT2D eigenvalue weighted by atomic mass is 10.0. The highest BCUT2D eigenvalue weighted by Crippen LogP contribution is 2.40. The van der Waals surface area contributed by atoms with Crippen molar-refractivity contribution in [3.8, 4) is 0 Å². The van der Waals surface area contributed by atoms with Crippen LogP contribution >= 0.6 is 22.9 Å². The summed E-state index contributed by atoms with van der Waals surface area (Å²) in [6, 6.07) is 23.0. The molecule has 0 fully saturated rings. The molecule has 6 heteroatoms.